The molecule has 2 N–H and O–H groups in total. The highest BCUT2D eigenvalue weighted by Crippen LogP contribution is 2.24. The van der Waals surface area contributed by atoms with Gasteiger partial charge in [-0.2, -0.15) is 0 Å². The number of benzene rings is 1. The Kier molecular flexibility index (Phi) is 3.59. The maximum absolute atomic E-state index is 6.36. The first-order chi connectivity index (χ1) is 11.2. The Morgan fingerprint density at radius 3 is 3.00 bits per heavy atom. The van der Waals surface area contributed by atoms with Gasteiger partial charge >= 0.3 is 0 Å². The molecule has 1 aliphatic rings. The monoisotopic (exact) mass is 325 g/mol. The van der Waals surface area contributed by atoms with E-state index in [2.05, 4.69) is 32.0 Å². The first kappa shape index (κ1) is 14.4. The second-order valence-corrected chi connectivity index (χ2v) is 6.15. The Labute approximate surface area is 139 Å². The summed E-state index contributed by atoms with van der Waals surface area (Å²) in [5.74, 6) is 0.346. The van der Waals surface area contributed by atoms with Crippen molar-refractivity contribution in [1.29, 1.82) is 0 Å². The predicted octanol–water partition coefficient (Wildman–Crippen LogP) is 2.82. The average molecular weight is 326 g/mol. The minimum atomic E-state index is 0.346. The molecule has 116 valence electrons. The van der Waals surface area contributed by atoms with Gasteiger partial charge < -0.3 is 5.73 Å². The Hall–Kier alpha value is -2.24. The van der Waals surface area contributed by atoms with Crippen LogP contribution in [0.4, 0.5) is 5.95 Å². The normalized spacial score (nSPS) is 14.8. The number of nitrogens with zero attached hydrogens (tertiary/aromatic N) is 4. The van der Waals surface area contributed by atoms with Crippen LogP contribution < -0.4 is 5.73 Å². The van der Waals surface area contributed by atoms with Gasteiger partial charge in [0.15, 0.2) is 0 Å². The fourth-order valence-electron chi connectivity index (χ4n) is 3.01. The zero-order valence-corrected chi connectivity index (χ0v) is 13.3. The molecule has 0 aliphatic carbocycles. The van der Waals surface area contributed by atoms with Gasteiger partial charge in [0.25, 0.3) is 0 Å². The largest absolute Gasteiger partial charge is 0.368 e. The molecule has 1 aromatic carbocycles. The summed E-state index contributed by atoms with van der Waals surface area (Å²) in [7, 11) is 0. The highest BCUT2D eigenvalue weighted by molar-refractivity contribution is 6.30. The zero-order chi connectivity index (χ0) is 15.8. The molecule has 1 aliphatic heterocycles. The summed E-state index contributed by atoms with van der Waals surface area (Å²) in [4.78, 5) is 15.2. The van der Waals surface area contributed by atoms with Crippen molar-refractivity contribution in [3.63, 3.8) is 0 Å². The lowest BCUT2D eigenvalue weighted by Gasteiger charge is -2.28. The number of nitrogen functional groups attached to an aromatic ring is 1. The number of para-hydroxylation sites is 1. The molecule has 0 saturated heterocycles. The van der Waals surface area contributed by atoms with Gasteiger partial charge in [0.1, 0.15) is 5.15 Å². The topological polar surface area (TPSA) is 67.9 Å². The van der Waals surface area contributed by atoms with Crippen LogP contribution in [0.25, 0.3) is 10.9 Å². The second-order valence-electron chi connectivity index (χ2n) is 5.79. The summed E-state index contributed by atoms with van der Waals surface area (Å²) in [5, 5.41) is 1.68. The maximum Gasteiger partial charge on any atom is 0.220 e. The first-order valence-electron chi connectivity index (χ1n) is 7.56. The van der Waals surface area contributed by atoms with Crippen molar-refractivity contribution in [2.24, 2.45) is 0 Å². The number of rotatable bonds is 2. The van der Waals surface area contributed by atoms with E-state index in [1.54, 1.807) is 0 Å². The highest BCUT2D eigenvalue weighted by Gasteiger charge is 2.19. The van der Waals surface area contributed by atoms with E-state index in [-0.39, 0.29) is 0 Å². The van der Waals surface area contributed by atoms with Crippen molar-refractivity contribution in [3.05, 3.63) is 58.5 Å². The molecule has 0 fully saturated rings. The standard InChI is InChI=1S/C17H16ClN5/c18-16-12(7-11-3-1-2-4-14(11)21-16)9-23-6-5-15-13(10-23)8-20-17(19)22-15/h1-4,7-8H,5-6,9-10H2,(H2,19,20,22). The van der Waals surface area contributed by atoms with Gasteiger partial charge in [0.05, 0.1) is 11.2 Å². The number of halogens is 1. The minimum absolute atomic E-state index is 0.346. The fraction of sp³-hybridized carbons (Fsp3) is 0.235. The number of hydrogen-bond donors (Lipinski definition) is 1. The maximum atomic E-state index is 6.36. The van der Waals surface area contributed by atoms with E-state index in [9.17, 15) is 0 Å². The number of hydrogen-bond acceptors (Lipinski definition) is 5. The molecule has 0 saturated carbocycles. The van der Waals surface area contributed by atoms with Gasteiger partial charge in [-0.05, 0) is 12.1 Å². The van der Waals surface area contributed by atoms with Crippen molar-refractivity contribution in [1.82, 2.24) is 19.9 Å². The van der Waals surface area contributed by atoms with Crippen molar-refractivity contribution in [2.75, 3.05) is 12.3 Å². The lowest BCUT2D eigenvalue weighted by atomic mass is 10.1. The molecule has 0 unspecified atom stereocenters. The highest BCUT2D eigenvalue weighted by atomic mass is 35.5. The van der Waals surface area contributed by atoms with E-state index >= 15 is 0 Å². The smallest absolute Gasteiger partial charge is 0.220 e. The van der Waals surface area contributed by atoms with Gasteiger partial charge in [-0.25, -0.2) is 15.0 Å². The molecule has 0 radical (unpaired) electrons. The van der Waals surface area contributed by atoms with Gasteiger partial charge in [-0.1, -0.05) is 29.8 Å². The van der Waals surface area contributed by atoms with Crippen LogP contribution in [0.15, 0.2) is 36.5 Å². The van der Waals surface area contributed by atoms with Gasteiger partial charge in [0.2, 0.25) is 5.95 Å². The molecule has 0 bridgehead atoms. The second kappa shape index (κ2) is 5.76. The van der Waals surface area contributed by atoms with Crippen LogP contribution >= 0.6 is 11.6 Å². The number of nitrogens with two attached hydrogens (primary N) is 1. The third-order valence-corrected chi connectivity index (χ3v) is 4.50. The van der Waals surface area contributed by atoms with Crippen LogP contribution in [0, 0.1) is 0 Å². The Bertz CT molecular complexity index is 880. The van der Waals surface area contributed by atoms with Crippen LogP contribution in [0.5, 0.6) is 0 Å². The van der Waals surface area contributed by atoms with Crippen LogP contribution in [-0.2, 0) is 19.5 Å². The van der Waals surface area contributed by atoms with Crippen molar-refractivity contribution < 1.29 is 0 Å². The fourth-order valence-corrected chi connectivity index (χ4v) is 3.22. The van der Waals surface area contributed by atoms with Crippen molar-refractivity contribution in [3.8, 4) is 0 Å². The molecule has 3 heterocycles. The molecule has 0 atom stereocenters. The molecule has 5 nitrogen and oxygen atoms in total. The summed E-state index contributed by atoms with van der Waals surface area (Å²) in [6, 6.07) is 10.1. The molecular formula is C17H16ClN5. The van der Waals surface area contributed by atoms with E-state index in [1.165, 1.54) is 0 Å². The van der Waals surface area contributed by atoms with Crippen LogP contribution in [0.1, 0.15) is 16.8 Å². The minimum Gasteiger partial charge on any atom is -0.368 e. The number of pyridine rings is 1. The average Bonchev–Trinajstić information content (AvgIpc) is 2.56. The van der Waals surface area contributed by atoms with Crippen molar-refractivity contribution >= 4 is 28.5 Å². The lowest BCUT2D eigenvalue weighted by molar-refractivity contribution is 0.243. The van der Waals surface area contributed by atoms with Gasteiger partial charge in [-0.15, -0.1) is 0 Å². The Balaban J connectivity index is 1.59. The molecular weight excluding hydrogens is 310 g/mol. The van der Waals surface area contributed by atoms with Crippen LogP contribution in [0.3, 0.4) is 0 Å². The third kappa shape index (κ3) is 2.85. The summed E-state index contributed by atoms with van der Waals surface area (Å²) in [5.41, 5.74) is 9.81. The predicted molar refractivity (Wildman–Crippen MR) is 91.0 cm³/mol. The SMILES string of the molecule is Nc1ncc2c(n1)CCN(Cc1cc3ccccc3nc1Cl)C2. The third-order valence-electron chi connectivity index (χ3n) is 4.18. The zero-order valence-electron chi connectivity index (χ0n) is 12.5. The number of aromatic nitrogens is 3. The van der Waals surface area contributed by atoms with Crippen LogP contribution in [-0.4, -0.2) is 26.4 Å². The lowest BCUT2D eigenvalue weighted by Crippen LogP contribution is -2.31. The molecule has 3 aromatic rings. The number of fused-ring (bicyclic) bond motifs is 2. The summed E-state index contributed by atoms with van der Waals surface area (Å²) in [6.07, 6.45) is 2.70. The van der Waals surface area contributed by atoms with E-state index in [4.69, 9.17) is 17.3 Å². The van der Waals surface area contributed by atoms with Gasteiger partial charge in [-0.3, -0.25) is 4.90 Å². The van der Waals surface area contributed by atoms with Crippen LogP contribution in [0.2, 0.25) is 5.15 Å². The molecule has 6 heteroatoms. The summed E-state index contributed by atoms with van der Waals surface area (Å²) < 4.78 is 0. The van der Waals surface area contributed by atoms with Gasteiger partial charge in [0, 0.05) is 48.8 Å². The van der Waals surface area contributed by atoms with E-state index < -0.39 is 0 Å². The molecule has 0 amide bonds. The first-order valence-corrected chi connectivity index (χ1v) is 7.93. The molecule has 0 spiro atoms. The van der Waals surface area contributed by atoms with E-state index in [0.29, 0.717) is 11.1 Å². The van der Waals surface area contributed by atoms with E-state index in [1.807, 2.05) is 24.4 Å². The van der Waals surface area contributed by atoms with Crippen molar-refractivity contribution in [2.45, 2.75) is 19.5 Å². The summed E-state index contributed by atoms with van der Waals surface area (Å²) >= 11 is 6.36. The molecule has 2 aromatic heterocycles. The van der Waals surface area contributed by atoms with E-state index in [0.717, 1.165) is 53.8 Å². The summed E-state index contributed by atoms with van der Waals surface area (Å²) in [6.45, 7) is 2.49. The Morgan fingerprint density at radius 2 is 2.09 bits per heavy atom. The molecule has 23 heavy (non-hydrogen) atoms. The number of anilines is 1. The quantitative estimate of drug-likeness (QED) is 0.734. The molecule has 4 rings (SSSR count). The Morgan fingerprint density at radius 1 is 1.22 bits per heavy atom.